The van der Waals surface area contributed by atoms with E-state index in [1.165, 1.54) is 5.39 Å². The third-order valence-corrected chi connectivity index (χ3v) is 4.12. The predicted octanol–water partition coefficient (Wildman–Crippen LogP) is 4.00. The van der Waals surface area contributed by atoms with Crippen molar-refractivity contribution in [3.63, 3.8) is 0 Å². The van der Waals surface area contributed by atoms with Crippen LogP contribution < -0.4 is 10.6 Å². The van der Waals surface area contributed by atoms with E-state index in [1.807, 2.05) is 25.1 Å². The third kappa shape index (κ3) is 4.15. The van der Waals surface area contributed by atoms with Crippen molar-refractivity contribution in [3.8, 4) is 6.07 Å². The number of amides is 1. The van der Waals surface area contributed by atoms with E-state index in [4.69, 9.17) is 5.26 Å². The molecule has 1 unspecified atom stereocenters. The van der Waals surface area contributed by atoms with Gasteiger partial charge in [-0.05, 0) is 53.6 Å². The van der Waals surface area contributed by atoms with Crippen LogP contribution in [0.5, 0.6) is 0 Å². The summed E-state index contributed by atoms with van der Waals surface area (Å²) in [7, 11) is 0. The second-order valence-corrected chi connectivity index (χ2v) is 5.94. The Morgan fingerprint density at radius 3 is 2.48 bits per heavy atom. The molecule has 4 nitrogen and oxygen atoms in total. The smallest absolute Gasteiger partial charge is 0.239 e. The average Bonchev–Trinajstić information content (AvgIpc) is 2.66. The van der Waals surface area contributed by atoms with Gasteiger partial charge in [0.1, 0.15) is 0 Å². The molecule has 0 heterocycles. The molecule has 2 N–H and O–H groups in total. The SMILES string of the molecule is CC(NC(=O)CNc1ccc(C#N)cc1)c1ccc2ccccc2c1. The van der Waals surface area contributed by atoms with Gasteiger partial charge in [-0.1, -0.05) is 36.4 Å². The van der Waals surface area contributed by atoms with Gasteiger partial charge >= 0.3 is 0 Å². The zero-order chi connectivity index (χ0) is 17.6. The normalized spacial score (nSPS) is 11.5. The van der Waals surface area contributed by atoms with Crippen molar-refractivity contribution in [2.45, 2.75) is 13.0 Å². The first-order chi connectivity index (χ1) is 12.2. The van der Waals surface area contributed by atoms with Crippen molar-refractivity contribution < 1.29 is 4.79 Å². The summed E-state index contributed by atoms with van der Waals surface area (Å²) < 4.78 is 0. The van der Waals surface area contributed by atoms with Gasteiger partial charge in [0.05, 0.1) is 24.2 Å². The summed E-state index contributed by atoms with van der Waals surface area (Å²) in [4.78, 5) is 12.2. The fraction of sp³-hybridized carbons (Fsp3) is 0.143. The second kappa shape index (κ2) is 7.50. The number of carbonyl (C=O) groups is 1. The van der Waals surface area contributed by atoms with Crippen molar-refractivity contribution in [2.75, 3.05) is 11.9 Å². The Hall–Kier alpha value is -3.32. The molecule has 0 aliphatic rings. The molecule has 0 bridgehead atoms. The number of nitriles is 1. The molecule has 0 saturated heterocycles. The van der Waals surface area contributed by atoms with Crippen LogP contribution in [-0.4, -0.2) is 12.5 Å². The van der Waals surface area contributed by atoms with Crippen LogP contribution in [0.3, 0.4) is 0 Å². The summed E-state index contributed by atoms with van der Waals surface area (Å²) in [5.41, 5.74) is 2.48. The lowest BCUT2D eigenvalue weighted by atomic mass is 10.0. The molecule has 0 aliphatic carbocycles. The Labute approximate surface area is 147 Å². The van der Waals surface area contributed by atoms with Gasteiger partial charge in [-0.15, -0.1) is 0 Å². The number of carbonyl (C=O) groups excluding carboxylic acids is 1. The summed E-state index contributed by atoms with van der Waals surface area (Å²) >= 11 is 0. The molecule has 0 fully saturated rings. The lowest BCUT2D eigenvalue weighted by Crippen LogP contribution is -2.32. The summed E-state index contributed by atoms with van der Waals surface area (Å²) in [6.07, 6.45) is 0. The molecule has 1 amide bonds. The van der Waals surface area contributed by atoms with E-state index in [9.17, 15) is 4.79 Å². The number of nitrogens with zero attached hydrogens (tertiary/aromatic N) is 1. The van der Waals surface area contributed by atoms with E-state index in [0.29, 0.717) is 5.56 Å². The molecule has 3 rings (SSSR count). The molecular formula is C21H19N3O. The summed E-state index contributed by atoms with van der Waals surface area (Å²) in [6.45, 7) is 2.16. The number of hydrogen-bond acceptors (Lipinski definition) is 3. The highest BCUT2D eigenvalue weighted by atomic mass is 16.1. The van der Waals surface area contributed by atoms with Crippen LogP contribution in [0.15, 0.2) is 66.7 Å². The number of nitrogens with one attached hydrogen (secondary N) is 2. The highest BCUT2D eigenvalue weighted by molar-refractivity contribution is 5.84. The van der Waals surface area contributed by atoms with Gasteiger partial charge < -0.3 is 10.6 Å². The number of fused-ring (bicyclic) bond motifs is 1. The third-order valence-electron chi connectivity index (χ3n) is 4.12. The topological polar surface area (TPSA) is 64.9 Å². The minimum atomic E-state index is -0.0787. The quantitative estimate of drug-likeness (QED) is 0.743. The van der Waals surface area contributed by atoms with Crippen LogP contribution in [0.25, 0.3) is 10.8 Å². The van der Waals surface area contributed by atoms with Crippen molar-refractivity contribution in [1.29, 1.82) is 5.26 Å². The maximum atomic E-state index is 12.2. The number of benzene rings is 3. The summed E-state index contributed by atoms with van der Waals surface area (Å²) in [5.74, 6) is -0.0787. The Balaban J connectivity index is 1.58. The highest BCUT2D eigenvalue weighted by Gasteiger charge is 2.10. The molecular weight excluding hydrogens is 310 g/mol. The van der Waals surface area contributed by atoms with Crippen molar-refractivity contribution in [2.24, 2.45) is 0 Å². The van der Waals surface area contributed by atoms with Crippen LogP contribution in [0, 0.1) is 11.3 Å². The average molecular weight is 329 g/mol. The molecule has 3 aromatic rings. The van der Waals surface area contributed by atoms with Gasteiger partial charge in [-0.2, -0.15) is 5.26 Å². The minimum absolute atomic E-state index is 0.0696. The number of hydrogen-bond donors (Lipinski definition) is 2. The first-order valence-corrected chi connectivity index (χ1v) is 8.18. The number of rotatable bonds is 5. The largest absolute Gasteiger partial charge is 0.376 e. The zero-order valence-corrected chi connectivity index (χ0v) is 14.0. The Kier molecular flexibility index (Phi) is 4.96. The standard InChI is InChI=1S/C21H19N3O/c1-15(18-9-8-17-4-2-3-5-19(17)12-18)24-21(25)14-23-20-10-6-16(13-22)7-11-20/h2-12,15,23H,14H2,1H3,(H,24,25). The minimum Gasteiger partial charge on any atom is -0.376 e. The molecule has 124 valence electrons. The zero-order valence-electron chi connectivity index (χ0n) is 14.0. The van der Waals surface area contributed by atoms with Crippen LogP contribution in [0.2, 0.25) is 0 Å². The Morgan fingerprint density at radius 2 is 1.76 bits per heavy atom. The molecule has 0 aromatic heterocycles. The lowest BCUT2D eigenvalue weighted by molar-refractivity contribution is -0.120. The lowest BCUT2D eigenvalue weighted by Gasteiger charge is -2.16. The molecule has 0 spiro atoms. The summed E-state index contributed by atoms with van der Waals surface area (Å²) in [6, 6.07) is 23.4. The molecule has 25 heavy (non-hydrogen) atoms. The molecule has 4 heteroatoms. The van der Waals surface area contributed by atoms with E-state index in [-0.39, 0.29) is 18.5 Å². The van der Waals surface area contributed by atoms with Gasteiger partial charge in [-0.3, -0.25) is 4.79 Å². The van der Waals surface area contributed by atoms with E-state index < -0.39 is 0 Å². The Morgan fingerprint density at radius 1 is 1.04 bits per heavy atom. The fourth-order valence-electron chi connectivity index (χ4n) is 2.70. The van der Waals surface area contributed by atoms with E-state index >= 15 is 0 Å². The summed E-state index contributed by atoms with van der Waals surface area (Å²) in [5, 5.41) is 17.2. The van der Waals surface area contributed by atoms with E-state index in [2.05, 4.69) is 41.0 Å². The van der Waals surface area contributed by atoms with Crippen LogP contribution in [0.1, 0.15) is 24.1 Å². The van der Waals surface area contributed by atoms with Crippen LogP contribution in [-0.2, 0) is 4.79 Å². The molecule has 0 aliphatic heterocycles. The highest BCUT2D eigenvalue weighted by Crippen LogP contribution is 2.20. The van der Waals surface area contributed by atoms with E-state index in [1.54, 1.807) is 24.3 Å². The Bertz CT molecular complexity index is 926. The van der Waals surface area contributed by atoms with Gasteiger partial charge in [0.25, 0.3) is 0 Å². The molecule has 1 atom stereocenters. The number of anilines is 1. The van der Waals surface area contributed by atoms with Gasteiger partial charge in [-0.25, -0.2) is 0 Å². The van der Waals surface area contributed by atoms with Gasteiger partial charge in [0.15, 0.2) is 0 Å². The molecule has 0 saturated carbocycles. The van der Waals surface area contributed by atoms with Crippen molar-refractivity contribution in [3.05, 3.63) is 77.9 Å². The van der Waals surface area contributed by atoms with Crippen LogP contribution in [0.4, 0.5) is 5.69 Å². The monoisotopic (exact) mass is 329 g/mol. The van der Waals surface area contributed by atoms with Gasteiger partial charge in [0.2, 0.25) is 5.91 Å². The molecule has 0 radical (unpaired) electrons. The van der Waals surface area contributed by atoms with Gasteiger partial charge in [0, 0.05) is 5.69 Å². The predicted molar refractivity (Wildman–Crippen MR) is 100 cm³/mol. The van der Waals surface area contributed by atoms with E-state index in [0.717, 1.165) is 16.6 Å². The first-order valence-electron chi connectivity index (χ1n) is 8.18. The molecule has 3 aromatic carbocycles. The maximum Gasteiger partial charge on any atom is 0.239 e. The van der Waals surface area contributed by atoms with Crippen LogP contribution >= 0.6 is 0 Å². The maximum absolute atomic E-state index is 12.2. The van der Waals surface area contributed by atoms with Crippen molar-refractivity contribution >= 4 is 22.4 Å². The van der Waals surface area contributed by atoms with Crippen molar-refractivity contribution in [1.82, 2.24) is 5.32 Å². The fourth-order valence-corrected chi connectivity index (χ4v) is 2.70. The first kappa shape index (κ1) is 16.5. The second-order valence-electron chi connectivity index (χ2n) is 5.94.